The first-order valence-electron chi connectivity index (χ1n) is 17.2. The normalized spacial score (nSPS) is 10.6. The second kappa shape index (κ2) is 30.1. The van der Waals surface area contributed by atoms with Crippen LogP contribution in [0.3, 0.4) is 0 Å². The van der Waals surface area contributed by atoms with E-state index in [0.29, 0.717) is 13.0 Å². The third-order valence-electron chi connectivity index (χ3n) is 7.87. The molecule has 43 heavy (non-hydrogen) atoms. The third-order valence-corrected chi connectivity index (χ3v) is 7.87. The molecular formula is C36H63BrN2O4. The number of amides is 1. The topological polar surface area (TPSA) is 68.5 Å². The van der Waals surface area contributed by atoms with Gasteiger partial charge in [0.1, 0.15) is 19.8 Å². The highest BCUT2D eigenvalue weighted by Gasteiger charge is 2.10. The van der Waals surface area contributed by atoms with E-state index in [0.717, 1.165) is 49.8 Å². The van der Waals surface area contributed by atoms with E-state index < -0.39 is 6.09 Å². The lowest BCUT2D eigenvalue weighted by molar-refractivity contribution is -0.697. The number of nitrogens with one attached hydrogen (secondary N) is 1. The monoisotopic (exact) mass is 666 g/mol. The van der Waals surface area contributed by atoms with Gasteiger partial charge in [-0.2, -0.15) is 0 Å². The Hall–Kier alpha value is -1.89. The van der Waals surface area contributed by atoms with Gasteiger partial charge in [0.15, 0.2) is 12.4 Å². The van der Waals surface area contributed by atoms with Crippen molar-refractivity contribution in [2.45, 2.75) is 156 Å². The molecule has 0 fully saturated rings. The molecule has 1 heterocycles. The molecule has 0 unspecified atom stereocenters. The van der Waals surface area contributed by atoms with Gasteiger partial charge in [-0.05, 0) is 33.1 Å². The van der Waals surface area contributed by atoms with Gasteiger partial charge in [0.05, 0.1) is 0 Å². The van der Waals surface area contributed by atoms with Crippen molar-refractivity contribution in [3.63, 3.8) is 0 Å². The van der Waals surface area contributed by atoms with Crippen molar-refractivity contribution in [2.24, 2.45) is 0 Å². The van der Waals surface area contributed by atoms with E-state index in [1.54, 1.807) is 0 Å². The Labute approximate surface area is 274 Å². The van der Waals surface area contributed by atoms with Crippen LogP contribution in [0.4, 0.5) is 4.79 Å². The lowest BCUT2D eigenvalue weighted by Crippen LogP contribution is -3.00. The van der Waals surface area contributed by atoms with Crippen LogP contribution in [-0.4, -0.2) is 31.8 Å². The van der Waals surface area contributed by atoms with Crippen LogP contribution in [-0.2, 0) is 20.8 Å². The summed E-state index contributed by atoms with van der Waals surface area (Å²) in [7, 11) is 0. The predicted molar refractivity (Wildman–Crippen MR) is 173 cm³/mol. The lowest BCUT2D eigenvalue weighted by Gasteiger charge is -2.12. The average molecular weight is 668 g/mol. The van der Waals surface area contributed by atoms with E-state index >= 15 is 0 Å². The number of carbonyl (C=O) groups excluding carboxylic acids is 2. The van der Waals surface area contributed by atoms with Gasteiger partial charge in [0.25, 0.3) is 0 Å². The number of aromatic nitrogens is 1. The first-order valence-corrected chi connectivity index (χ1v) is 17.2. The summed E-state index contributed by atoms with van der Waals surface area (Å²) in [5.74, 6) is -0.200. The van der Waals surface area contributed by atoms with Crippen LogP contribution in [0.15, 0.2) is 41.7 Å². The van der Waals surface area contributed by atoms with E-state index in [1.165, 1.54) is 89.9 Å². The summed E-state index contributed by atoms with van der Waals surface area (Å²) in [5, 5.41) is 2.85. The zero-order valence-electron chi connectivity index (χ0n) is 27.8. The molecule has 0 saturated carbocycles. The molecule has 0 atom stereocenters. The molecule has 0 radical (unpaired) electrons. The average Bonchev–Trinajstić information content (AvgIpc) is 2.98. The summed E-state index contributed by atoms with van der Waals surface area (Å²) in [6.45, 7) is 8.09. The first-order chi connectivity index (χ1) is 20.5. The summed E-state index contributed by atoms with van der Waals surface area (Å²) in [5.41, 5.74) is 1.84. The van der Waals surface area contributed by atoms with Crippen LogP contribution in [0.25, 0.3) is 0 Å². The van der Waals surface area contributed by atoms with Gasteiger partial charge in [-0.25, -0.2) is 9.36 Å². The first kappa shape index (κ1) is 41.1. The molecule has 0 aliphatic rings. The fraction of sp³-hybridized carbons (Fsp3) is 0.750. The lowest BCUT2D eigenvalue weighted by atomic mass is 10.0. The number of alkyl carbamates (subject to hydrolysis) is 1. The summed E-state index contributed by atoms with van der Waals surface area (Å²) in [6, 6.07) is 6.05. The van der Waals surface area contributed by atoms with Crippen molar-refractivity contribution >= 4 is 12.1 Å². The van der Waals surface area contributed by atoms with Crippen LogP contribution >= 0.6 is 0 Å². The second-order valence-electron chi connectivity index (χ2n) is 12.0. The number of halogens is 1. The number of allylic oxidation sites excluding steroid dienone is 1. The Kier molecular flexibility index (Phi) is 28.8. The molecule has 0 aromatic carbocycles. The zero-order valence-corrected chi connectivity index (χ0v) is 29.4. The standard InChI is InChI=1S/C36H62N2O4.BrH/c1-4-5-6-7-8-9-10-11-12-13-14-15-16-17-18-22-27-37-36(40)42-32-34(33(2)3)31-41-35(39)26-21-19-23-28-38-29-24-20-25-30-38;/h20,24-25,29-30H,4-19,21-23,26-28,31-32H2,1-3H3;1H. The van der Waals surface area contributed by atoms with E-state index in [2.05, 4.69) is 29.2 Å². The number of unbranched alkanes of at least 4 members (excludes halogenated alkanes) is 17. The SMILES string of the molecule is CCCCCCCCCCCCCCCCCCNC(=O)OCC(COC(=O)CCCCC[n+]1ccccc1)=C(C)C.[Br-]. The van der Waals surface area contributed by atoms with E-state index in [9.17, 15) is 9.59 Å². The fourth-order valence-electron chi connectivity index (χ4n) is 4.96. The Balaban J connectivity index is 0.0000176. The van der Waals surface area contributed by atoms with Crippen molar-refractivity contribution in [1.29, 1.82) is 0 Å². The highest BCUT2D eigenvalue weighted by molar-refractivity contribution is 5.69. The molecule has 0 saturated heterocycles. The fourth-order valence-corrected chi connectivity index (χ4v) is 4.96. The minimum Gasteiger partial charge on any atom is -1.00 e. The second-order valence-corrected chi connectivity index (χ2v) is 12.0. The Bertz CT molecular complexity index is 828. The summed E-state index contributed by atoms with van der Waals surface area (Å²) in [4.78, 5) is 24.3. The largest absolute Gasteiger partial charge is 1.00 e. The van der Waals surface area contributed by atoms with Crippen LogP contribution in [0, 0.1) is 0 Å². The number of carbonyl (C=O) groups is 2. The maximum absolute atomic E-state index is 12.2. The third kappa shape index (κ3) is 26.2. The van der Waals surface area contributed by atoms with Crippen LogP contribution in [0.1, 0.15) is 149 Å². The van der Waals surface area contributed by atoms with Crippen molar-refractivity contribution in [1.82, 2.24) is 5.32 Å². The number of aryl methyl sites for hydroxylation is 1. The number of rotatable bonds is 27. The van der Waals surface area contributed by atoms with Crippen LogP contribution in [0.5, 0.6) is 0 Å². The molecule has 0 aliphatic heterocycles. The number of ether oxygens (including phenoxy) is 2. The van der Waals surface area contributed by atoms with Crippen molar-refractivity contribution in [2.75, 3.05) is 19.8 Å². The molecule has 0 aliphatic carbocycles. The molecule has 1 N–H and O–H groups in total. The number of esters is 1. The maximum Gasteiger partial charge on any atom is 0.407 e. The van der Waals surface area contributed by atoms with Crippen molar-refractivity contribution in [3.8, 4) is 0 Å². The molecule has 248 valence electrons. The molecular weight excluding hydrogens is 604 g/mol. The molecule has 0 bridgehead atoms. The van der Waals surface area contributed by atoms with Gasteiger partial charge < -0.3 is 31.8 Å². The maximum atomic E-state index is 12.2. The molecule has 1 aromatic heterocycles. The molecule has 1 aromatic rings. The van der Waals surface area contributed by atoms with Crippen molar-refractivity contribution in [3.05, 3.63) is 41.7 Å². The van der Waals surface area contributed by atoms with Gasteiger partial charge in [-0.15, -0.1) is 0 Å². The minimum absolute atomic E-state index is 0. The summed E-state index contributed by atoms with van der Waals surface area (Å²) in [6.07, 6.45) is 28.3. The Morgan fingerprint density at radius 3 is 1.65 bits per heavy atom. The number of nitrogens with zero attached hydrogens (tertiary/aromatic N) is 1. The molecule has 1 amide bonds. The predicted octanol–water partition coefficient (Wildman–Crippen LogP) is 6.41. The van der Waals surface area contributed by atoms with E-state index in [1.807, 2.05) is 32.0 Å². The van der Waals surface area contributed by atoms with Crippen molar-refractivity contribution < 1.29 is 40.6 Å². The molecule has 6 nitrogen and oxygen atoms in total. The van der Waals surface area contributed by atoms with Crippen LogP contribution < -0.4 is 26.9 Å². The van der Waals surface area contributed by atoms with Gasteiger partial charge in [0.2, 0.25) is 0 Å². The van der Waals surface area contributed by atoms with Gasteiger partial charge in [-0.3, -0.25) is 4.79 Å². The quantitative estimate of drug-likeness (QED) is 0.0510. The highest BCUT2D eigenvalue weighted by Crippen LogP contribution is 2.14. The number of pyridine rings is 1. The number of hydrogen-bond acceptors (Lipinski definition) is 4. The highest BCUT2D eigenvalue weighted by atomic mass is 79.9. The molecule has 0 spiro atoms. The molecule has 1 rings (SSSR count). The van der Waals surface area contributed by atoms with E-state index in [-0.39, 0.29) is 36.2 Å². The summed E-state index contributed by atoms with van der Waals surface area (Å²) < 4.78 is 13.0. The van der Waals surface area contributed by atoms with Gasteiger partial charge in [-0.1, -0.05) is 115 Å². The number of hydrogen-bond donors (Lipinski definition) is 1. The minimum atomic E-state index is -0.405. The summed E-state index contributed by atoms with van der Waals surface area (Å²) >= 11 is 0. The molecule has 7 heteroatoms. The van der Waals surface area contributed by atoms with Gasteiger partial charge >= 0.3 is 12.1 Å². The smallest absolute Gasteiger partial charge is 0.407 e. The Morgan fingerprint density at radius 1 is 0.628 bits per heavy atom. The van der Waals surface area contributed by atoms with Gasteiger partial charge in [0, 0.05) is 37.1 Å². The van der Waals surface area contributed by atoms with E-state index in [4.69, 9.17) is 9.47 Å². The zero-order chi connectivity index (χ0) is 30.5. The Morgan fingerprint density at radius 2 is 1.12 bits per heavy atom. The van der Waals surface area contributed by atoms with Crippen LogP contribution in [0.2, 0.25) is 0 Å².